The summed E-state index contributed by atoms with van der Waals surface area (Å²) < 4.78 is 4.90. The Balaban J connectivity index is 2.31. The third-order valence-electron chi connectivity index (χ3n) is 1.74. The maximum atomic E-state index is 11.4. The molecule has 7 nitrogen and oxygen atoms in total. The molecular formula is C11H17N3O4. The van der Waals surface area contributed by atoms with E-state index in [2.05, 4.69) is 14.8 Å². The highest BCUT2D eigenvalue weighted by molar-refractivity contribution is 5.74. The fourth-order valence-corrected chi connectivity index (χ4v) is 1.15. The van der Waals surface area contributed by atoms with Gasteiger partial charge in [-0.2, -0.15) is 0 Å². The molecule has 0 aliphatic carbocycles. The van der Waals surface area contributed by atoms with Crippen molar-refractivity contribution in [2.45, 2.75) is 39.7 Å². The summed E-state index contributed by atoms with van der Waals surface area (Å²) in [7, 11) is 0. The van der Waals surface area contributed by atoms with E-state index < -0.39 is 17.7 Å². The lowest BCUT2D eigenvalue weighted by Gasteiger charge is -2.19. The number of carbonyl (C=O) groups excluding carboxylic acids is 2. The topological polar surface area (TPSA) is 93.3 Å². The van der Waals surface area contributed by atoms with Crippen molar-refractivity contribution in [3.63, 3.8) is 0 Å². The number of imidazole rings is 1. The number of hydrogen-bond acceptors (Lipinski definition) is 5. The van der Waals surface area contributed by atoms with Crippen LogP contribution in [0.3, 0.4) is 0 Å². The number of nitrogens with one attached hydrogen (secondary N) is 2. The number of carbonyl (C=O) groups is 2. The van der Waals surface area contributed by atoms with Gasteiger partial charge in [0.2, 0.25) is 0 Å². The predicted molar refractivity (Wildman–Crippen MR) is 62.5 cm³/mol. The molecule has 0 radical (unpaired) electrons. The van der Waals surface area contributed by atoms with E-state index >= 15 is 0 Å². The minimum atomic E-state index is -0.809. The molecule has 0 unspecified atom stereocenters. The van der Waals surface area contributed by atoms with Crippen LogP contribution in [0.2, 0.25) is 0 Å². The van der Waals surface area contributed by atoms with E-state index in [1.165, 1.54) is 6.20 Å². The van der Waals surface area contributed by atoms with E-state index in [0.717, 1.165) is 0 Å². The molecule has 0 aliphatic rings. The Morgan fingerprint density at radius 3 is 2.61 bits per heavy atom. The summed E-state index contributed by atoms with van der Waals surface area (Å²) in [5.41, 5.74) is 1.89. The lowest BCUT2D eigenvalue weighted by atomic mass is 10.2. The molecule has 100 valence electrons. The molecule has 0 atom stereocenters. The molecule has 0 spiro atoms. The summed E-state index contributed by atoms with van der Waals surface area (Å²) in [5.74, 6) is 0.0995. The van der Waals surface area contributed by atoms with Gasteiger partial charge in [0.1, 0.15) is 11.4 Å². The molecule has 2 N–H and O–H groups in total. The molecule has 0 fully saturated rings. The fourth-order valence-electron chi connectivity index (χ4n) is 1.15. The number of aryl methyl sites for hydroxylation is 1. The highest BCUT2D eigenvalue weighted by Crippen LogP contribution is 2.06. The van der Waals surface area contributed by atoms with Crippen molar-refractivity contribution in [3.05, 3.63) is 17.7 Å². The molecule has 1 rings (SSSR count). The van der Waals surface area contributed by atoms with Crippen LogP contribution in [-0.4, -0.2) is 27.6 Å². The largest absolute Gasteiger partial charge is 0.442 e. The smallest absolute Gasteiger partial charge is 0.441 e. The molecule has 1 aromatic heterocycles. The number of hydrogen-bond donors (Lipinski definition) is 2. The quantitative estimate of drug-likeness (QED) is 0.775. The SMILES string of the molecule is Cc1ncc(CC(=O)ONC(=O)OC(C)(C)C)[nH]1. The van der Waals surface area contributed by atoms with E-state index in [9.17, 15) is 9.59 Å². The third kappa shape index (κ3) is 5.33. The molecule has 7 heteroatoms. The molecule has 0 saturated carbocycles. The van der Waals surface area contributed by atoms with Crippen molar-refractivity contribution >= 4 is 12.1 Å². The maximum Gasteiger partial charge on any atom is 0.441 e. The number of rotatable bonds is 2. The zero-order valence-corrected chi connectivity index (χ0v) is 10.9. The number of amides is 1. The Labute approximate surface area is 105 Å². The molecule has 0 bridgehead atoms. The number of aromatic amines is 1. The first kappa shape index (κ1) is 14.0. The Morgan fingerprint density at radius 2 is 2.11 bits per heavy atom. The van der Waals surface area contributed by atoms with Gasteiger partial charge < -0.3 is 14.6 Å². The Morgan fingerprint density at radius 1 is 1.44 bits per heavy atom. The fraction of sp³-hybridized carbons (Fsp3) is 0.545. The predicted octanol–water partition coefficient (Wildman–Crippen LogP) is 1.24. The molecular weight excluding hydrogens is 238 g/mol. The van der Waals surface area contributed by atoms with Crippen molar-refractivity contribution in [2.75, 3.05) is 0 Å². The standard InChI is InChI=1S/C11H17N3O4/c1-7-12-6-8(13-7)5-9(15)18-14-10(16)17-11(2,3)4/h6H,5H2,1-4H3,(H,12,13)(H,14,16). The van der Waals surface area contributed by atoms with Crippen LogP contribution < -0.4 is 5.48 Å². The van der Waals surface area contributed by atoms with Crippen molar-refractivity contribution in [2.24, 2.45) is 0 Å². The lowest BCUT2D eigenvalue weighted by molar-refractivity contribution is -0.149. The van der Waals surface area contributed by atoms with Crippen molar-refractivity contribution < 1.29 is 19.2 Å². The van der Waals surface area contributed by atoms with E-state index in [1.807, 2.05) is 5.48 Å². The summed E-state index contributed by atoms with van der Waals surface area (Å²) in [6.45, 7) is 6.90. The Kier molecular flexibility index (Phi) is 4.30. The van der Waals surface area contributed by atoms with Crippen molar-refractivity contribution in [1.82, 2.24) is 15.4 Å². The molecule has 18 heavy (non-hydrogen) atoms. The number of H-pyrrole nitrogens is 1. The van der Waals surface area contributed by atoms with Crippen LogP contribution in [0.4, 0.5) is 4.79 Å². The summed E-state index contributed by atoms with van der Waals surface area (Å²) in [4.78, 5) is 33.9. The van der Waals surface area contributed by atoms with E-state index in [4.69, 9.17) is 4.74 Å². The molecule has 1 heterocycles. The van der Waals surface area contributed by atoms with Crippen LogP contribution in [0.15, 0.2) is 6.20 Å². The second-order valence-corrected chi connectivity index (χ2v) is 4.75. The van der Waals surface area contributed by atoms with Gasteiger partial charge in [-0.05, 0) is 27.7 Å². The van der Waals surface area contributed by atoms with Gasteiger partial charge in [-0.1, -0.05) is 0 Å². The highest BCUT2D eigenvalue weighted by Gasteiger charge is 2.17. The number of nitrogens with zero attached hydrogens (tertiary/aromatic N) is 1. The Hall–Kier alpha value is -2.05. The average Bonchev–Trinajstić information content (AvgIpc) is 2.58. The second-order valence-electron chi connectivity index (χ2n) is 4.75. The molecule has 1 aromatic rings. The minimum absolute atomic E-state index is 0.00334. The minimum Gasteiger partial charge on any atom is -0.442 e. The first-order valence-electron chi connectivity index (χ1n) is 5.45. The van der Waals surface area contributed by atoms with Gasteiger partial charge in [0.15, 0.2) is 0 Å². The Bertz CT molecular complexity index is 434. The van der Waals surface area contributed by atoms with E-state index in [0.29, 0.717) is 11.5 Å². The van der Waals surface area contributed by atoms with Crippen LogP contribution in [-0.2, 0) is 20.8 Å². The number of hydroxylamine groups is 1. The van der Waals surface area contributed by atoms with Crippen LogP contribution in [0, 0.1) is 6.92 Å². The van der Waals surface area contributed by atoms with Crippen molar-refractivity contribution in [3.8, 4) is 0 Å². The normalized spacial score (nSPS) is 10.9. The third-order valence-corrected chi connectivity index (χ3v) is 1.74. The zero-order valence-electron chi connectivity index (χ0n) is 10.9. The average molecular weight is 255 g/mol. The summed E-state index contributed by atoms with van der Waals surface area (Å²) in [5, 5.41) is 0. The molecule has 0 aliphatic heterocycles. The first-order chi connectivity index (χ1) is 8.26. The highest BCUT2D eigenvalue weighted by atomic mass is 16.7. The van der Waals surface area contributed by atoms with Gasteiger partial charge in [0.25, 0.3) is 0 Å². The lowest BCUT2D eigenvalue weighted by Crippen LogP contribution is -2.34. The van der Waals surface area contributed by atoms with Crippen molar-refractivity contribution in [1.29, 1.82) is 0 Å². The van der Waals surface area contributed by atoms with Gasteiger partial charge in [-0.25, -0.2) is 14.6 Å². The van der Waals surface area contributed by atoms with Gasteiger partial charge in [0.05, 0.1) is 6.42 Å². The maximum absolute atomic E-state index is 11.4. The summed E-state index contributed by atoms with van der Waals surface area (Å²) in [6, 6.07) is 0. The summed E-state index contributed by atoms with van der Waals surface area (Å²) in [6.07, 6.45) is 0.720. The van der Waals surface area contributed by atoms with E-state index in [-0.39, 0.29) is 6.42 Å². The molecule has 0 aromatic carbocycles. The van der Waals surface area contributed by atoms with Crippen LogP contribution >= 0.6 is 0 Å². The molecule has 1 amide bonds. The van der Waals surface area contributed by atoms with Crippen LogP contribution in [0.25, 0.3) is 0 Å². The second kappa shape index (κ2) is 5.52. The number of ether oxygens (including phenoxy) is 1. The van der Waals surface area contributed by atoms with Gasteiger partial charge in [0, 0.05) is 11.9 Å². The van der Waals surface area contributed by atoms with Gasteiger partial charge in [-0.3, -0.25) is 0 Å². The van der Waals surface area contributed by atoms with Crippen LogP contribution in [0.5, 0.6) is 0 Å². The monoisotopic (exact) mass is 255 g/mol. The first-order valence-corrected chi connectivity index (χ1v) is 5.45. The van der Waals surface area contributed by atoms with Gasteiger partial charge >= 0.3 is 12.1 Å². The van der Waals surface area contributed by atoms with E-state index in [1.54, 1.807) is 27.7 Å². The number of aromatic nitrogens is 2. The molecule has 0 saturated heterocycles. The van der Waals surface area contributed by atoms with Crippen LogP contribution in [0.1, 0.15) is 32.3 Å². The summed E-state index contributed by atoms with van der Waals surface area (Å²) >= 11 is 0. The van der Waals surface area contributed by atoms with Gasteiger partial charge in [-0.15, -0.1) is 5.48 Å². The zero-order chi connectivity index (χ0) is 13.8.